The van der Waals surface area contributed by atoms with Crippen molar-refractivity contribution in [1.82, 2.24) is 0 Å². The van der Waals surface area contributed by atoms with E-state index < -0.39 is 42.4 Å². The Morgan fingerprint density at radius 2 is 0.538 bits per heavy atom. The monoisotopic (exact) mass is 716 g/mol. The molecule has 1 heterocycles. The maximum absolute atomic E-state index is 12.3. The van der Waals surface area contributed by atoms with Crippen molar-refractivity contribution < 1.29 is 38.6 Å². The molecule has 16 heteroatoms. The third-order valence-corrected chi connectivity index (χ3v) is 8.52. The highest BCUT2D eigenvalue weighted by Gasteiger charge is 2.33. The Kier molecular flexibility index (Phi) is 10.0. The number of nitro benzene ring substituents is 4. The second kappa shape index (κ2) is 14.1. The van der Waals surface area contributed by atoms with E-state index in [1.807, 2.05) is 55.4 Å². The van der Waals surface area contributed by atoms with Crippen LogP contribution in [-0.2, 0) is 0 Å². The Labute approximate surface area is 297 Å². The topological polar surface area (TPSA) is 209 Å². The zero-order valence-electron chi connectivity index (χ0n) is 29.6. The van der Waals surface area contributed by atoms with Crippen LogP contribution in [0.1, 0.15) is 101 Å². The van der Waals surface area contributed by atoms with Crippen LogP contribution in [0.15, 0.2) is 48.5 Å². The van der Waals surface area contributed by atoms with E-state index in [0.29, 0.717) is 22.3 Å². The molecule has 1 aliphatic heterocycles. The molecule has 8 bridgehead atoms. The molecule has 4 aromatic rings. The van der Waals surface area contributed by atoms with E-state index in [0.717, 1.165) is 24.3 Å². The van der Waals surface area contributed by atoms with E-state index in [4.69, 9.17) is 18.9 Å². The summed E-state index contributed by atoms with van der Waals surface area (Å²) in [5, 5.41) is 49.2. The van der Waals surface area contributed by atoms with Gasteiger partial charge in [-0.25, -0.2) is 0 Å². The molecule has 0 spiro atoms. The summed E-state index contributed by atoms with van der Waals surface area (Å²) in [6, 6.07) is 9.89. The fraction of sp³-hybridized carbons (Fsp3) is 0.333. The molecule has 272 valence electrons. The summed E-state index contributed by atoms with van der Waals surface area (Å²) in [6.07, 6.45) is 0. The molecule has 5 rings (SSSR count). The Hall–Kier alpha value is -6.32. The van der Waals surface area contributed by atoms with Crippen LogP contribution in [0.2, 0.25) is 0 Å². The summed E-state index contributed by atoms with van der Waals surface area (Å²) >= 11 is 0. The molecule has 16 nitrogen and oxygen atoms in total. The SMILES string of the molecule is CC(C)c1cc(C(C)C)c2cc1Oc1cc(c([N+](=O)[O-])cc1[N+](=O)[O-])Oc1cc(c(C(C)C)cc1C(C)C)Oc1cc(c([N+](=O)[O-])cc1[N+](=O)[O-])O2. The fourth-order valence-electron chi connectivity index (χ4n) is 5.80. The average Bonchev–Trinajstić information content (AvgIpc) is 3.03. The number of nitro groups is 4. The lowest BCUT2D eigenvalue weighted by molar-refractivity contribution is -0.395. The average molecular weight is 717 g/mol. The third kappa shape index (κ3) is 7.12. The summed E-state index contributed by atoms with van der Waals surface area (Å²) in [5.41, 5.74) is -0.575. The smallest absolute Gasteiger partial charge is 0.318 e. The fourth-order valence-corrected chi connectivity index (χ4v) is 5.80. The molecule has 0 atom stereocenters. The van der Waals surface area contributed by atoms with Crippen LogP contribution < -0.4 is 18.9 Å². The summed E-state index contributed by atoms with van der Waals surface area (Å²) in [7, 11) is 0. The standard InChI is InChI=1S/C36H36N4O12/c1-17(2)21-9-22(18(3)4)30-13-29(21)49-33-15-34(26(38(43)44)11-25(33)37(41)42)51-31-14-32(24(20(7)8)10-23(31)19(5)6)52-36-16-35(50-30)27(39(45)46)12-28(36)40(47)48/h9-20H,1-8H3. The Morgan fingerprint density at radius 1 is 0.346 bits per heavy atom. The molecular formula is C36H36N4O12. The highest BCUT2D eigenvalue weighted by atomic mass is 16.6. The predicted octanol–water partition coefficient (Wildman–Crippen LogP) is 11.3. The zero-order chi connectivity index (χ0) is 38.3. The van der Waals surface area contributed by atoms with Gasteiger partial charge in [0.25, 0.3) is 0 Å². The van der Waals surface area contributed by atoms with E-state index in [1.165, 1.54) is 12.1 Å². The molecule has 4 aromatic carbocycles. The normalized spacial score (nSPS) is 12.2. The maximum atomic E-state index is 12.3. The lowest BCUT2D eigenvalue weighted by Crippen LogP contribution is -2.06. The van der Waals surface area contributed by atoms with Crippen molar-refractivity contribution in [3.63, 3.8) is 0 Å². The van der Waals surface area contributed by atoms with Crippen molar-refractivity contribution in [2.24, 2.45) is 0 Å². The molecule has 0 aromatic heterocycles. The van der Waals surface area contributed by atoms with Crippen molar-refractivity contribution in [2.45, 2.75) is 79.1 Å². The molecule has 0 saturated carbocycles. The summed E-state index contributed by atoms with van der Waals surface area (Å²) in [6.45, 7) is 14.8. The third-order valence-electron chi connectivity index (χ3n) is 8.52. The van der Waals surface area contributed by atoms with Gasteiger partial charge in [0.2, 0.25) is 23.0 Å². The van der Waals surface area contributed by atoms with Gasteiger partial charge in [-0.15, -0.1) is 0 Å². The quantitative estimate of drug-likeness (QED) is 0.108. The molecule has 0 amide bonds. The van der Waals surface area contributed by atoms with Crippen molar-refractivity contribution in [2.75, 3.05) is 0 Å². The first-order chi connectivity index (χ1) is 24.4. The Morgan fingerprint density at radius 3 is 0.712 bits per heavy atom. The van der Waals surface area contributed by atoms with Gasteiger partial charge in [-0.3, -0.25) is 40.5 Å². The van der Waals surface area contributed by atoms with Gasteiger partial charge < -0.3 is 18.9 Å². The second-order valence-electron chi connectivity index (χ2n) is 13.5. The minimum Gasteiger partial charge on any atom is -0.450 e. The van der Waals surface area contributed by atoms with E-state index in [-0.39, 0.29) is 69.7 Å². The minimum absolute atomic E-state index is 0.0527. The summed E-state index contributed by atoms with van der Waals surface area (Å²) < 4.78 is 24.8. The highest BCUT2D eigenvalue weighted by Crippen LogP contribution is 2.50. The van der Waals surface area contributed by atoms with Gasteiger partial charge in [0, 0.05) is 24.3 Å². The van der Waals surface area contributed by atoms with Gasteiger partial charge in [-0.2, -0.15) is 0 Å². The van der Waals surface area contributed by atoms with Crippen molar-refractivity contribution in [3.8, 4) is 46.0 Å². The van der Waals surface area contributed by atoms with Gasteiger partial charge in [-0.05, 0) is 58.1 Å². The number of benzene rings is 4. The van der Waals surface area contributed by atoms with Crippen LogP contribution >= 0.6 is 0 Å². The first-order valence-corrected chi connectivity index (χ1v) is 16.4. The van der Waals surface area contributed by atoms with Gasteiger partial charge in [0.05, 0.1) is 19.7 Å². The van der Waals surface area contributed by atoms with E-state index >= 15 is 0 Å². The minimum atomic E-state index is -0.815. The van der Waals surface area contributed by atoms with E-state index in [1.54, 1.807) is 12.1 Å². The first kappa shape index (κ1) is 36.9. The highest BCUT2D eigenvalue weighted by molar-refractivity contribution is 5.67. The predicted molar refractivity (Wildman–Crippen MR) is 189 cm³/mol. The van der Waals surface area contributed by atoms with E-state index in [9.17, 15) is 40.5 Å². The number of hydrogen-bond acceptors (Lipinski definition) is 12. The maximum Gasteiger partial charge on any atom is 0.318 e. The lowest BCUT2D eigenvalue weighted by Gasteiger charge is -2.22. The molecular weight excluding hydrogens is 680 g/mol. The van der Waals surface area contributed by atoms with Gasteiger partial charge in [0.15, 0.2) is 0 Å². The summed E-state index contributed by atoms with van der Waals surface area (Å²) in [5.74, 6) is -2.20. The van der Waals surface area contributed by atoms with Crippen LogP contribution in [0.5, 0.6) is 46.0 Å². The van der Waals surface area contributed by atoms with Gasteiger partial charge in [-0.1, -0.05) is 55.4 Å². The molecule has 52 heavy (non-hydrogen) atoms. The summed E-state index contributed by atoms with van der Waals surface area (Å²) in [4.78, 5) is 46.0. The van der Waals surface area contributed by atoms with E-state index in [2.05, 4.69) is 0 Å². The molecule has 0 fully saturated rings. The van der Waals surface area contributed by atoms with Gasteiger partial charge >= 0.3 is 22.7 Å². The number of nitrogens with zero attached hydrogens (tertiary/aromatic N) is 4. The lowest BCUT2D eigenvalue weighted by atomic mass is 9.93. The molecule has 0 N–H and O–H groups in total. The second-order valence-corrected chi connectivity index (χ2v) is 13.5. The number of fused-ring (bicyclic) bond motifs is 8. The molecule has 0 radical (unpaired) electrons. The first-order valence-electron chi connectivity index (χ1n) is 16.4. The zero-order valence-corrected chi connectivity index (χ0v) is 29.6. The molecule has 0 aliphatic carbocycles. The Balaban J connectivity index is 1.95. The van der Waals surface area contributed by atoms with Crippen molar-refractivity contribution in [3.05, 3.63) is 111 Å². The van der Waals surface area contributed by atoms with Crippen LogP contribution in [0.3, 0.4) is 0 Å². The number of hydrogen-bond donors (Lipinski definition) is 0. The largest absolute Gasteiger partial charge is 0.450 e. The van der Waals surface area contributed by atoms with Crippen LogP contribution in [0.4, 0.5) is 22.7 Å². The number of rotatable bonds is 8. The van der Waals surface area contributed by atoms with Gasteiger partial charge in [0.1, 0.15) is 35.1 Å². The molecule has 0 saturated heterocycles. The molecule has 1 aliphatic rings. The molecule has 0 unspecified atom stereocenters. The van der Waals surface area contributed by atoms with Crippen molar-refractivity contribution >= 4 is 22.7 Å². The van der Waals surface area contributed by atoms with Crippen LogP contribution in [-0.4, -0.2) is 19.7 Å². The Bertz CT molecular complexity index is 1860. The number of ether oxygens (including phenoxy) is 4. The van der Waals surface area contributed by atoms with Crippen LogP contribution in [0.25, 0.3) is 0 Å². The van der Waals surface area contributed by atoms with Crippen LogP contribution in [0, 0.1) is 40.5 Å². The van der Waals surface area contributed by atoms with Crippen molar-refractivity contribution in [1.29, 1.82) is 0 Å².